The molecule has 21 heavy (non-hydrogen) atoms. The number of nitrogens with two attached hydrogens (primary N) is 2. The van der Waals surface area contributed by atoms with Crippen molar-refractivity contribution in [3.8, 4) is 5.75 Å². The molecule has 0 radical (unpaired) electrons. The molecule has 5 nitrogen and oxygen atoms in total. The van der Waals surface area contributed by atoms with E-state index in [4.69, 9.17) is 16.2 Å². The molecule has 0 saturated heterocycles. The molecule has 0 amide bonds. The lowest BCUT2D eigenvalue weighted by Gasteiger charge is -2.21. The van der Waals surface area contributed by atoms with Crippen LogP contribution in [0.25, 0.3) is 0 Å². The summed E-state index contributed by atoms with van der Waals surface area (Å²) in [6.45, 7) is 1.87. The maximum absolute atomic E-state index is 13.0. The van der Waals surface area contributed by atoms with Gasteiger partial charge in [0.25, 0.3) is 5.92 Å². The average Bonchev–Trinajstić information content (AvgIpc) is 2.45. The van der Waals surface area contributed by atoms with Gasteiger partial charge < -0.3 is 21.5 Å². The third kappa shape index (κ3) is 4.12. The van der Waals surface area contributed by atoms with Crippen molar-refractivity contribution in [2.24, 2.45) is 16.5 Å². The number of benzene rings is 1. The molecule has 1 aliphatic rings. The minimum atomic E-state index is -2.81. The maximum atomic E-state index is 13.0. The second kappa shape index (κ2) is 6.36. The molecule has 116 valence electrons. The highest BCUT2D eigenvalue weighted by Gasteiger charge is 2.25. The van der Waals surface area contributed by atoms with Crippen LogP contribution in [-0.4, -0.2) is 31.0 Å². The molecule has 2 rings (SSSR count). The molecule has 0 aliphatic carbocycles. The normalized spacial score (nSPS) is 17.9. The third-order valence-corrected chi connectivity index (χ3v) is 3.29. The van der Waals surface area contributed by atoms with Gasteiger partial charge in [0.2, 0.25) is 0 Å². The number of aliphatic imine (C=N–C) groups is 1. The van der Waals surface area contributed by atoms with Gasteiger partial charge in [0.15, 0.2) is 6.10 Å². The highest BCUT2D eigenvalue weighted by molar-refractivity contribution is 5.89. The summed E-state index contributed by atoms with van der Waals surface area (Å²) in [6.07, 6.45) is -0.514. The lowest BCUT2D eigenvalue weighted by Crippen LogP contribution is -2.33. The van der Waals surface area contributed by atoms with Crippen LogP contribution >= 0.6 is 0 Å². The molecule has 1 heterocycles. The molecule has 0 saturated carbocycles. The van der Waals surface area contributed by atoms with Gasteiger partial charge in [0.1, 0.15) is 17.3 Å². The van der Waals surface area contributed by atoms with Crippen LogP contribution in [0.15, 0.2) is 23.2 Å². The Hall–Kier alpha value is -1.73. The number of nitrogens with one attached hydrogen (secondary N) is 1. The van der Waals surface area contributed by atoms with E-state index in [1.165, 1.54) is 0 Å². The standard InChI is InChI=1S/C14H20F2N4O/c1-9-13(18)20-11-6-10(2-3-12(11)21-9)7-19-5-4-14(15,16)8-17/h2-3,6,9,19H,4-5,7-8,17H2,1H3,(H2,18,20)/t9-/m1/s1. The van der Waals surface area contributed by atoms with E-state index in [0.717, 1.165) is 5.56 Å². The first-order valence-electron chi connectivity index (χ1n) is 6.83. The number of hydrogen-bond acceptors (Lipinski definition) is 5. The molecule has 0 unspecified atom stereocenters. The predicted molar refractivity (Wildman–Crippen MR) is 78.1 cm³/mol. The molecule has 1 aromatic rings. The highest BCUT2D eigenvalue weighted by Crippen LogP contribution is 2.32. The van der Waals surface area contributed by atoms with Crippen molar-refractivity contribution >= 4 is 11.5 Å². The van der Waals surface area contributed by atoms with Gasteiger partial charge in [-0.25, -0.2) is 13.8 Å². The van der Waals surface area contributed by atoms with Gasteiger partial charge in [-0.15, -0.1) is 0 Å². The monoisotopic (exact) mass is 298 g/mol. The molecule has 0 aromatic heterocycles. The zero-order chi connectivity index (χ0) is 15.5. The van der Waals surface area contributed by atoms with E-state index in [9.17, 15) is 8.78 Å². The lowest BCUT2D eigenvalue weighted by atomic mass is 10.1. The molecule has 1 aliphatic heterocycles. The molecule has 0 spiro atoms. The molecule has 1 aromatic carbocycles. The van der Waals surface area contributed by atoms with Crippen molar-refractivity contribution in [1.29, 1.82) is 0 Å². The number of nitrogens with zero attached hydrogens (tertiary/aromatic N) is 1. The van der Waals surface area contributed by atoms with Crippen LogP contribution in [0, 0.1) is 0 Å². The smallest absolute Gasteiger partial charge is 0.261 e. The van der Waals surface area contributed by atoms with Gasteiger partial charge in [0, 0.05) is 19.5 Å². The minimum Gasteiger partial charge on any atom is -0.481 e. The van der Waals surface area contributed by atoms with Gasteiger partial charge in [-0.1, -0.05) is 6.07 Å². The summed E-state index contributed by atoms with van der Waals surface area (Å²) < 4.78 is 31.5. The summed E-state index contributed by atoms with van der Waals surface area (Å²) in [5.41, 5.74) is 12.3. The topological polar surface area (TPSA) is 85.7 Å². The Morgan fingerprint density at radius 1 is 1.43 bits per heavy atom. The van der Waals surface area contributed by atoms with Crippen LogP contribution in [0.5, 0.6) is 5.75 Å². The van der Waals surface area contributed by atoms with Crippen molar-refractivity contribution in [2.75, 3.05) is 13.1 Å². The Bertz CT molecular complexity index is 534. The zero-order valence-corrected chi connectivity index (χ0v) is 11.9. The van der Waals surface area contributed by atoms with Crippen molar-refractivity contribution in [3.05, 3.63) is 23.8 Å². The third-order valence-electron chi connectivity index (χ3n) is 3.29. The summed E-state index contributed by atoms with van der Waals surface area (Å²) in [7, 11) is 0. The Balaban J connectivity index is 1.91. The molecule has 0 fully saturated rings. The molecular weight excluding hydrogens is 278 g/mol. The van der Waals surface area contributed by atoms with E-state index in [2.05, 4.69) is 10.3 Å². The summed E-state index contributed by atoms with van der Waals surface area (Å²) in [5, 5.41) is 2.96. The molecule has 7 heteroatoms. The summed E-state index contributed by atoms with van der Waals surface area (Å²) in [6, 6.07) is 5.52. The van der Waals surface area contributed by atoms with E-state index >= 15 is 0 Å². The van der Waals surface area contributed by atoms with Gasteiger partial charge in [-0.05, 0) is 24.6 Å². The van der Waals surface area contributed by atoms with Crippen LogP contribution in [0.2, 0.25) is 0 Å². The number of fused-ring (bicyclic) bond motifs is 1. The molecule has 1 atom stereocenters. The number of alkyl halides is 2. The van der Waals surface area contributed by atoms with Crippen molar-refractivity contribution in [2.45, 2.75) is 31.9 Å². The van der Waals surface area contributed by atoms with Crippen LogP contribution in [0.4, 0.5) is 14.5 Å². The Morgan fingerprint density at radius 3 is 2.90 bits per heavy atom. The number of rotatable bonds is 6. The van der Waals surface area contributed by atoms with E-state index < -0.39 is 12.5 Å². The summed E-state index contributed by atoms with van der Waals surface area (Å²) in [4.78, 5) is 4.27. The van der Waals surface area contributed by atoms with Crippen molar-refractivity contribution in [3.63, 3.8) is 0 Å². The maximum Gasteiger partial charge on any atom is 0.261 e. The van der Waals surface area contributed by atoms with E-state index in [1.807, 2.05) is 25.1 Å². The van der Waals surface area contributed by atoms with Gasteiger partial charge in [0.05, 0.1) is 6.54 Å². The van der Waals surface area contributed by atoms with Gasteiger partial charge >= 0.3 is 0 Å². The minimum absolute atomic E-state index is 0.195. The first kappa shape index (κ1) is 15.7. The average molecular weight is 298 g/mol. The second-order valence-corrected chi connectivity index (χ2v) is 5.09. The van der Waals surface area contributed by atoms with Gasteiger partial charge in [-0.2, -0.15) is 0 Å². The van der Waals surface area contributed by atoms with E-state index in [-0.39, 0.29) is 19.1 Å². The SMILES string of the molecule is C[C@H]1Oc2ccc(CNCCC(F)(F)CN)cc2N=C1N. The van der Waals surface area contributed by atoms with Crippen LogP contribution in [0.3, 0.4) is 0 Å². The first-order chi connectivity index (χ1) is 9.91. The molecule has 0 bridgehead atoms. The largest absolute Gasteiger partial charge is 0.481 e. The Labute approximate surface area is 122 Å². The fraction of sp³-hybridized carbons (Fsp3) is 0.500. The van der Waals surface area contributed by atoms with Crippen molar-refractivity contribution in [1.82, 2.24) is 5.32 Å². The number of amidine groups is 1. The lowest BCUT2D eigenvalue weighted by molar-refractivity contribution is 0.00257. The quantitative estimate of drug-likeness (QED) is 0.695. The van der Waals surface area contributed by atoms with Gasteiger partial charge in [-0.3, -0.25) is 0 Å². The molecule has 5 N–H and O–H groups in total. The summed E-state index contributed by atoms with van der Waals surface area (Å²) >= 11 is 0. The predicted octanol–water partition coefficient (Wildman–Crippen LogP) is 1.53. The fourth-order valence-corrected chi connectivity index (χ4v) is 1.95. The van der Waals surface area contributed by atoms with E-state index in [0.29, 0.717) is 23.8 Å². The van der Waals surface area contributed by atoms with Crippen molar-refractivity contribution < 1.29 is 13.5 Å². The van der Waals surface area contributed by atoms with E-state index in [1.54, 1.807) is 0 Å². The zero-order valence-electron chi connectivity index (χ0n) is 11.9. The number of halogens is 2. The first-order valence-corrected chi connectivity index (χ1v) is 6.83. The van der Waals surface area contributed by atoms with Crippen LogP contribution < -0.4 is 21.5 Å². The van der Waals surface area contributed by atoms with Crippen LogP contribution in [0.1, 0.15) is 18.9 Å². The Morgan fingerprint density at radius 2 is 2.19 bits per heavy atom. The second-order valence-electron chi connectivity index (χ2n) is 5.09. The fourth-order valence-electron chi connectivity index (χ4n) is 1.95. The number of hydrogen-bond donors (Lipinski definition) is 3. The summed E-state index contributed by atoms with van der Waals surface area (Å²) in [5.74, 6) is -1.71. The number of ether oxygens (including phenoxy) is 1. The molecular formula is C14H20F2N4O. The highest BCUT2D eigenvalue weighted by atomic mass is 19.3. The Kier molecular flexibility index (Phi) is 4.74. The van der Waals surface area contributed by atoms with Crippen LogP contribution in [-0.2, 0) is 6.54 Å².